The van der Waals surface area contributed by atoms with Gasteiger partial charge in [0, 0.05) is 38.2 Å². The number of ether oxygens (including phenoxy) is 1. The molecule has 0 fully saturated rings. The molecule has 164 valence electrons. The van der Waals surface area contributed by atoms with Crippen LogP contribution in [-0.2, 0) is 24.0 Å². The lowest BCUT2D eigenvalue weighted by Crippen LogP contribution is -2.34. The molecule has 8 heteroatoms. The summed E-state index contributed by atoms with van der Waals surface area (Å²) in [4.78, 5) is 18.9. The van der Waals surface area contributed by atoms with Crippen LogP contribution in [0.1, 0.15) is 32.9 Å². The first-order chi connectivity index (χ1) is 14.8. The van der Waals surface area contributed by atoms with E-state index in [4.69, 9.17) is 4.74 Å². The smallest absolute Gasteiger partial charge is 0.383 e. The Hall–Kier alpha value is -3.13. The van der Waals surface area contributed by atoms with Crippen LogP contribution in [0.4, 0.5) is 13.2 Å². The molecule has 1 amide bonds. The van der Waals surface area contributed by atoms with E-state index in [-0.39, 0.29) is 24.6 Å². The van der Waals surface area contributed by atoms with Crippen LogP contribution in [0.15, 0.2) is 60.9 Å². The van der Waals surface area contributed by atoms with Gasteiger partial charge in [0.05, 0.1) is 18.7 Å². The zero-order valence-electron chi connectivity index (χ0n) is 17.4. The summed E-state index contributed by atoms with van der Waals surface area (Å²) in [6.07, 6.45) is -1.30. The molecule has 0 unspecified atom stereocenters. The van der Waals surface area contributed by atoms with E-state index < -0.39 is 11.7 Å². The number of carbonyl (C=O) groups is 1. The highest BCUT2D eigenvalue weighted by Crippen LogP contribution is 2.32. The average molecular weight is 431 g/mol. The third-order valence-corrected chi connectivity index (χ3v) is 4.95. The molecule has 0 spiro atoms. The lowest BCUT2D eigenvalue weighted by molar-refractivity contribution is -0.138. The Balaban J connectivity index is 1.84. The third kappa shape index (κ3) is 5.73. The molecular weight excluding hydrogens is 407 g/mol. The van der Waals surface area contributed by atoms with E-state index in [0.29, 0.717) is 24.5 Å². The van der Waals surface area contributed by atoms with Gasteiger partial charge in [-0.2, -0.15) is 13.2 Å². The summed E-state index contributed by atoms with van der Waals surface area (Å²) >= 11 is 0. The molecule has 0 aliphatic carbocycles. The van der Waals surface area contributed by atoms with Crippen LogP contribution in [0.3, 0.4) is 0 Å². The highest BCUT2D eigenvalue weighted by atomic mass is 19.4. The molecular formula is C23H24F3N3O2. The number of hydrogen-bond donors (Lipinski definition) is 0. The average Bonchev–Trinajstić information content (AvgIpc) is 3.17. The van der Waals surface area contributed by atoms with Gasteiger partial charge in [-0.25, -0.2) is 4.98 Å². The molecule has 0 N–H and O–H groups in total. The van der Waals surface area contributed by atoms with Crippen LogP contribution in [0, 0.1) is 6.92 Å². The second-order valence-electron chi connectivity index (χ2n) is 7.21. The minimum absolute atomic E-state index is 0.00184. The fourth-order valence-corrected chi connectivity index (χ4v) is 3.26. The van der Waals surface area contributed by atoms with E-state index in [9.17, 15) is 18.0 Å². The van der Waals surface area contributed by atoms with Crippen LogP contribution in [0.2, 0.25) is 0 Å². The number of benzene rings is 2. The van der Waals surface area contributed by atoms with Gasteiger partial charge in [0.2, 0.25) is 0 Å². The zero-order chi connectivity index (χ0) is 22.4. The number of methoxy groups -OCH3 is 1. The lowest BCUT2D eigenvalue weighted by atomic mass is 10.1. The quantitative estimate of drug-likeness (QED) is 0.526. The van der Waals surface area contributed by atoms with Crippen LogP contribution in [0.25, 0.3) is 0 Å². The van der Waals surface area contributed by atoms with E-state index in [0.717, 1.165) is 11.6 Å². The highest BCUT2D eigenvalue weighted by Gasteiger charge is 2.33. The Morgan fingerprint density at radius 3 is 2.52 bits per heavy atom. The molecule has 5 nitrogen and oxygen atoms in total. The van der Waals surface area contributed by atoms with Gasteiger partial charge in [0.25, 0.3) is 5.91 Å². The van der Waals surface area contributed by atoms with Crippen molar-refractivity contribution in [1.29, 1.82) is 0 Å². The summed E-state index contributed by atoms with van der Waals surface area (Å²) in [6, 6.07) is 12.7. The highest BCUT2D eigenvalue weighted by molar-refractivity contribution is 5.94. The molecule has 0 atom stereocenters. The van der Waals surface area contributed by atoms with Crippen LogP contribution in [-0.4, -0.2) is 40.6 Å². The van der Waals surface area contributed by atoms with Gasteiger partial charge < -0.3 is 14.2 Å². The molecule has 3 rings (SSSR count). The van der Waals surface area contributed by atoms with Gasteiger partial charge >= 0.3 is 6.18 Å². The fourth-order valence-electron chi connectivity index (χ4n) is 3.26. The summed E-state index contributed by atoms with van der Waals surface area (Å²) in [5.74, 6) is 0.302. The molecule has 0 aliphatic rings. The predicted octanol–water partition coefficient (Wildman–Crippen LogP) is 4.55. The monoisotopic (exact) mass is 431 g/mol. The van der Waals surface area contributed by atoms with E-state index in [1.54, 1.807) is 41.0 Å². The van der Waals surface area contributed by atoms with Crippen molar-refractivity contribution in [3.05, 3.63) is 89.0 Å². The molecule has 0 aliphatic heterocycles. The largest absolute Gasteiger partial charge is 0.416 e. The van der Waals surface area contributed by atoms with Gasteiger partial charge in [0.1, 0.15) is 5.82 Å². The number of nitrogens with zero attached hydrogens (tertiary/aromatic N) is 3. The maximum Gasteiger partial charge on any atom is 0.416 e. The predicted molar refractivity (Wildman–Crippen MR) is 111 cm³/mol. The second kappa shape index (κ2) is 9.78. The van der Waals surface area contributed by atoms with Crippen molar-refractivity contribution in [2.75, 3.05) is 20.3 Å². The molecule has 0 radical (unpaired) electrons. The Bertz CT molecular complexity index is 1010. The number of hydrogen-bond acceptors (Lipinski definition) is 3. The summed E-state index contributed by atoms with van der Waals surface area (Å²) in [7, 11) is 1.55. The number of aryl methyl sites for hydroxylation is 1. The van der Waals surface area contributed by atoms with Gasteiger partial charge in [-0.15, -0.1) is 0 Å². The van der Waals surface area contributed by atoms with Gasteiger partial charge in [-0.3, -0.25) is 4.79 Å². The van der Waals surface area contributed by atoms with Gasteiger partial charge in [-0.05, 0) is 30.7 Å². The number of amides is 1. The summed E-state index contributed by atoms with van der Waals surface area (Å²) in [5, 5.41) is 0. The van der Waals surface area contributed by atoms with Crippen molar-refractivity contribution in [3.8, 4) is 0 Å². The van der Waals surface area contributed by atoms with Crippen LogP contribution >= 0.6 is 0 Å². The number of halogens is 3. The van der Waals surface area contributed by atoms with E-state index in [1.807, 2.05) is 19.1 Å². The lowest BCUT2D eigenvalue weighted by Gasteiger charge is -2.23. The molecule has 31 heavy (non-hydrogen) atoms. The van der Waals surface area contributed by atoms with E-state index >= 15 is 0 Å². The normalized spacial score (nSPS) is 11.5. The summed E-state index contributed by atoms with van der Waals surface area (Å²) < 4.78 is 46.8. The molecule has 1 heterocycles. The van der Waals surface area contributed by atoms with E-state index in [2.05, 4.69) is 4.98 Å². The van der Waals surface area contributed by atoms with Gasteiger partial charge in [0.15, 0.2) is 0 Å². The van der Waals surface area contributed by atoms with Crippen molar-refractivity contribution in [2.45, 2.75) is 26.2 Å². The fraction of sp³-hybridized carbons (Fsp3) is 0.304. The molecule has 1 aromatic heterocycles. The zero-order valence-corrected chi connectivity index (χ0v) is 17.4. The molecule has 3 aromatic rings. The first-order valence-electron chi connectivity index (χ1n) is 9.79. The Morgan fingerprint density at radius 2 is 1.84 bits per heavy atom. The Morgan fingerprint density at radius 1 is 1.13 bits per heavy atom. The van der Waals surface area contributed by atoms with Gasteiger partial charge in [-0.1, -0.05) is 35.9 Å². The SMILES string of the molecule is COCCN(Cc1nccn1Cc1ccccc1C(F)(F)F)C(=O)c1ccc(C)cc1. The maximum absolute atomic E-state index is 13.4. The molecule has 0 saturated carbocycles. The van der Waals surface area contributed by atoms with Crippen molar-refractivity contribution in [1.82, 2.24) is 14.5 Å². The maximum atomic E-state index is 13.4. The number of imidazole rings is 1. The van der Waals surface area contributed by atoms with Crippen molar-refractivity contribution >= 4 is 5.91 Å². The molecule has 0 bridgehead atoms. The van der Waals surface area contributed by atoms with E-state index in [1.165, 1.54) is 18.3 Å². The summed E-state index contributed by atoms with van der Waals surface area (Å²) in [5.41, 5.74) is 1.03. The number of alkyl halides is 3. The number of rotatable bonds is 8. The van der Waals surface area contributed by atoms with Crippen LogP contribution in [0.5, 0.6) is 0 Å². The topological polar surface area (TPSA) is 47.4 Å². The summed E-state index contributed by atoms with van der Waals surface area (Å²) in [6.45, 7) is 2.75. The first-order valence-corrected chi connectivity index (χ1v) is 9.79. The second-order valence-corrected chi connectivity index (χ2v) is 7.21. The number of aromatic nitrogens is 2. The standard InChI is InChI=1S/C23H24F3N3O2/c1-17-7-9-18(10-8-17)22(30)29(13-14-31-2)16-21-27-11-12-28(21)15-19-5-3-4-6-20(19)23(24,25)26/h3-12H,13-16H2,1-2H3. The Labute approximate surface area is 179 Å². The van der Waals surface area contributed by atoms with Crippen LogP contribution < -0.4 is 0 Å². The molecule has 0 saturated heterocycles. The minimum Gasteiger partial charge on any atom is -0.383 e. The third-order valence-electron chi connectivity index (χ3n) is 4.95. The van der Waals surface area contributed by atoms with Crippen molar-refractivity contribution in [3.63, 3.8) is 0 Å². The Kier molecular flexibility index (Phi) is 7.12. The first kappa shape index (κ1) is 22.6. The minimum atomic E-state index is -4.44. The number of carbonyl (C=O) groups excluding carboxylic acids is 1. The van der Waals surface area contributed by atoms with Crippen molar-refractivity contribution < 1.29 is 22.7 Å². The van der Waals surface area contributed by atoms with Crippen molar-refractivity contribution in [2.24, 2.45) is 0 Å². The molecule has 2 aromatic carbocycles.